The predicted octanol–water partition coefficient (Wildman–Crippen LogP) is 5.44. The van der Waals surface area contributed by atoms with E-state index in [1.807, 2.05) is 18.2 Å². The summed E-state index contributed by atoms with van der Waals surface area (Å²) in [5.41, 5.74) is 3.09. The second-order valence-corrected chi connectivity index (χ2v) is 9.22. The van der Waals surface area contributed by atoms with E-state index < -0.39 is 0 Å². The molecule has 0 spiro atoms. The van der Waals surface area contributed by atoms with Crippen LogP contribution >= 0.6 is 23.1 Å². The van der Waals surface area contributed by atoms with Crippen LogP contribution in [0, 0.1) is 6.92 Å². The average Bonchev–Trinajstić information content (AvgIpc) is 3.55. The van der Waals surface area contributed by atoms with Crippen LogP contribution < -0.4 is 0 Å². The molecular formula is C22H22N4O2S2. The Morgan fingerprint density at radius 3 is 2.87 bits per heavy atom. The summed E-state index contributed by atoms with van der Waals surface area (Å²) in [6.07, 6.45) is 4.14. The molecule has 1 unspecified atom stereocenters. The van der Waals surface area contributed by atoms with Gasteiger partial charge in [0, 0.05) is 17.9 Å². The molecule has 1 aromatic carbocycles. The lowest BCUT2D eigenvalue weighted by atomic mass is 10.1. The van der Waals surface area contributed by atoms with Gasteiger partial charge < -0.3 is 9.15 Å². The van der Waals surface area contributed by atoms with E-state index in [2.05, 4.69) is 50.3 Å². The molecule has 1 atom stereocenters. The molecule has 0 N–H and O–H groups in total. The third-order valence-corrected chi connectivity index (χ3v) is 6.93. The summed E-state index contributed by atoms with van der Waals surface area (Å²) < 4.78 is 13.8. The second-order valence-electron chi connectivity index (χ2n) is 7.33. The lowest BCUT2D eigenvalue weighted by molar-refractivity contribution is 0.0953. The molecule has 30 heavy (non-hydrogen) atoms. The third-order valence-electron chi connectivity index (χ3n) is 5.07. The Morgan fingerprint density at radius 2 is 2.10 bits per heavy atom. The fraction of sp³-hybridized carbons (Fsp3) is 0.318. The van der Waals surface area contributed by atoms with Gasteiger partial charge in [-0.1, -0.05) is 35.5 Å². The number of thiophene rings is 1. The van der Waals surface area contributed by atoms with Crippen molar-refractivity contribution in [3.63, 3.8) is 0 Å². The number of ether oxygens (including phenoxy) is 1. The van der Waals surface area contributed by atoms with Crippen molar-refractivity contribution in [3.05, 3.63) is 59.3 Å². The van der Waals surface area contributed by atoms with Gasteiger partial charge in [-0.15, -0.1) is 21.5 Å². The van der Waals surface area contributed by atoms with Crippen LogP contribution in [0.4, 0.5) is 0 Å². The molecule has 0 amide bonds. The van der Waals surface area contributed by atoms with Crippen molar-refractivity contribution in [1.29, 1.82) is 0 Å². The van der Waals surface area contributed by atoms with Crippen LogP contribution in [0.25, 0.3) is 22.2 Å². The molecular weight excluding hydrogens is 416 g/mol. The van der Waals surface area contributed by atoms with Crippen LogP contribution in [0.2, 0.25) is 0 Å². The minimum Gasteiger partial charge on any atom is -0.444 e. The molecule has 1 aliphatic heterocycles. The largest absolute Gasteiger partial charge is 0.444 e. The lowest BCUT2D eigenvalue weighted by Gasteiger charge is -2.13. The van der Waals surface area contributed by atoms with E-state index in [1.165, 1.54) is 5.56 Å². The zero-order chi connectivity index (χ0) is 20.3. The molecule has 1 aliphatic rings. The van der Waals surface area contributed by atoms with Gasteiger partial charge in [-0.2, -0.15) is 0 Å². The van der Waals surface area contributed by atoms with Crippen LogP contribution in [-0.2, 0) is 17.0 Å². The van der Waals surface area contributed by atoms with Gasteiger partial charge in [0.1, 0.15) is 6.26 Å². The maximum atomic E-state index is 5.87. The Kier molecular flexibility index (Phi) is 5.70. The zero-order valence-electron chi connectivity index (χ0n) is 16.7. The fourth-order valence-corrected chi connectivity index (χ4v) is 5.02. The van der Waals surface area contributed by atoms with Gasteiger partial charge in [0.2, 0.25) is 5.89 Å². The van der Waals surface area contributed by atoms with E-state index in [0.29, 0.717) is 11.6 Å². The summed E-state index contributed by atoms with van der Waals surface area (Å²) >= 11 is 3.31. The van der Waals surface area contributed by atoms with Crippen molar-refractivity contribution in [3.8, 4) is 22.2 Å². The average molecular weight is 439 g/mol. The number of hydrogen-bond donors (Lipinski definition) is 0. The van der Waals surface area contributed by atoms with Gasteiger partial charge in [-0.25, -0.2) is 4.98 Å². The maximum Gasteiger partial charge on any atom is 0.226 e. The molecule has 8 heteroatoms. The molecule has 1 fully saturated rings. The normalized spacial score (nSPS) is 16.4. The molecule has 3 aromatic heterocycles. The molecule has 0 aliphatic carbocycles. The predicted molar refractivity (Wildman–Crippen MR) is 119 cm³/mol. The van der Waals surface area contributed by atoms with Crippen molar-refractivity contribution >= 4 is 23.1 Å². The summed E-state index contributed by atoms with van der Waals surface area (Å²) in [5.74, 6) is 2.22. The van der Waals surface area contributed by atoms with Crippen molar-refractivity contribution in [2.75, 3.05) is 6.61 Å². The van der Waals surface area contributed by atoms with Crippen LogP contribution in [0.5, 0.6) is 0 Å². The molecule has 5 rings (SSSR count). The molecule has 4 aromatic rings. The quantitative estimate of drug-likeness (QED) is 0.358. The zero-order valence-corrected chi connectivity index (χ0v) is 18.3. The first-order valence-electron chi connectivity index (χ1n) is 9.99. The number of nitrogens with zero attached hydrogens (tertiary/aromatic N) is 4. The minimum absolute atomic E-state index is 0.222. The van der Waals surface area contributed by atoms with Crippen molar-refractivity contribution in [2.45, 2.75) is 43.3 Å². The summed E-state index contributed by atoms with van der Waals surface area (Å²) in [6.45, 7) is 3.68. The minimum atomic E-state index is 0.222. The van der Waals surface area contributed by atoms with Gasteiger partial charge in [-0.3, -0.25) is 4.57 Å². The van der Waals surface area contributed by atoms with Gasteiger partial charge in [0.25, 0.3) is 0 Å². The van der Waals surface area contributed by atoms with Crippen LogP contribution in [0.3, 0.4) is 0 Å². The summed E-state index contributed by atoms with van der Waals surface area (Å²) in [5, 5.41) is 11.9. The number of oxazole rings is 1. The Balaban J connectivity index is 1.34. The van der Waals surface area contributed by atoms with Crippen molar-refractivity contribution < 1.29 is 9.15 Å². The number of aromatic nitrogens is 4. The van der Waals surface area contributed by atoms with Crippen molar-refractivity contribution in [1.82, 2.24) is 19.7 Å². The molecule has 6 nitrogen and oxygen atoms in total. The first-order chi connectivity index (χ1) is 14.8. The third kappa shape index (κ3) is 4.21. The van der Waals surface area contributed by atoms with Crippen LogP contribution in [0.15, 0.2) is 57.6 Å². The Bertz CT molecular complexity index is 1100. The molecule has 0 bridgehead atoms. The molecule has 0 saturated carbocycles. The van der Waals surface area contributed by atoms with E-state index in [-0.39, 0.29) is 6.10 Å². The highest BCUT2D eigenvalue weighted by Crippen LogP contribution is 2.31. The smallest absolute Gasteiger partial charge is 0.226 e. The first kappa shape index (κ1) is 19.5. The number of rotatable bonds is 7. The van der Waals surface area contributed by atoms with Crippen LogP contribution in [0.1, 0.15) is 24.1 Å². The SMILES string of the molecule is Cc1ccc(-c2nc(CSc3nnc(-c4cccs4)n3CC3CCCO3)co2)cc1. The Hall–Kier alpha value is -2.42. The van der Waals surface area contributed by atoms with E-state index in [1.54, 1.807) is 29.4 Å². The number of hydrogen-bond acceptors (Lipinski definition) is 7. The second kappa shape index (κ2) is 8.75. The Morgan fingerprint density at radius 1 is 1.20 bits per heavy atom. The summed E-state index contributed by atoms with van der Waals surface area (Å²) in [4.78, 5) is 5.77. The van der Waals surface area contributed by atoms with E-state index in [9.17, 15) is 0 Å². The fourth-order valence-electron chi connectivity index (χ4n) is 3.48. The van der Waals surface area contributed by atoms with E-state index in [0.717, 1.165) is 53.1 Å². The van der Waals surface area contributed by atoms with Gasteiger partial charge in [0.15, 0.2) is 11.0 Å². The van der Waals surface area contributed by atoms with Gasteiger partial charge in [0.05, 0.1) is 23.2 Å². The molecule has 1 saturated heterocycles. The number of aryl methyl sites for hydroxylation is 1. The van der Waals surface area contributed by atoms with Crippen LogP contribution in [-0.4, -0.2) is 32.5 Å². The molecule has 0 radical (unpaired) electrons. The first-order valence-corrected chi connectivity index (χ1v) is 11.9. The van der Waals surface area contributed by atoms with E-state index >= 15 is 0 Å². The monoisotopic (exact) mass is 438 g/mol. The maximum absolute atomic E-state index is 5.87. The Labute approximate surface area is 183 Å². The van der Waals surface area contributed by atoms with E-state index in [4.69, 9.17) is 9.15 Å². The van der Waals surface area contributed by atoms with Gasteiger partial charge >= 0.3 is 0 Å². The topological polar surface area (TPSA) is 66.0 Å². The highest BCUT2D eigenvalue weighted by molar-refractivity contribution is 7.98. The number of benzene rings is 1. The molecule has 154 valence electrons. The molecule has 4 heterocycles. The summed E-state index contributed by atoms with van der Waals surface area (Å²) in [6, 6.07) is 12.3. The number of thioether (sulfide) groups is 1. The lowest BCUT2D eigenvalue weighted by Crippen LogP contribution is -2.16. The van der Waals surface area contributed by atoms with Gasteiger partial charge in [-0.05, 0) is 43.3 Å². The highest BCUT2D eigenvalue weighted by Gasteiger charge is 2.22. The van der Waals surface area contributed by atoms with Crippen molar-refractivity contribution in [2.24, 2.45) is 0 Å². The summed E-state index contributed by atoms with van der Waals surface area (Å²) in [7, 11) is 0. The standard InChI is InChI=1S/C22H22N4O2S2/c1-15-6-8-16(9-7-15)21-23-17(13-28-21)14-30-22-25-24-20(19-5-3-11-29-19)26(22)12-18-4-2-10-27-18/h3,5-9,11,13,18H,2,4,10,12,14H2,1H3. The highest BCUT2D eigenvalue weighted by atomic mass is 32.2.